The lowest BCUT2D eigenvalue weighted by Crippen LogP contribution is -2.27. The maximum atomic E-state index is 13.0. The van der Waals surface area contributed by atoms with E-state index in [2.05, 4.69) is 0 Å². The number of anilines is 1. The number of thioether (sulfide) groups is 2. The Labute approximate surface area is 197 Å². The molecule has 1 aromatic heterocycles. The standard InChI is InChI=1S/C22H14ClNO4S3/c1-30-15-4-2-3-13(10-15)24-20(25)19(31-22(24)29)11-14-6-8-18(28-14)12-5-7-17(23)16(9-12)21(26)27/h2-11H,1H3,(H,26,27)/b19-11+. The molecule has 3 aromatic rings. The number of carboxylic acids is 1. The lowest BCUT2D eigenvalue weighted by molar-refractivity contribution is -0.113. The quantitative estimate of drug-likeness (QED) is 0.252. The molecule has 2 heterocycles. The monoisotopic (exact) mass is 487 g/mol. The zero-order valence-corrected chi connectivity index (χ0v) is 19.2. The van der Waals surface area contributed by atoms with Gasteiger partial charge in [-0.2, -0.15) is 0 Å². The van der Waals surface area contributed by atoms with Crippen LogP contribution in [0.2, 0.25) is 5.02 Å². The van der Waals surface area contributed by atoms with Gasteiger partial charge < -0.3 is 9.52 Å². The van der Waals surface area contributed by atoms with E-state index in [1.165, 1.54) is 28.8 Å². The SMILES string of the molecule is CSc1cccc(N2C(=O)/C(=C\c3ccc(-c4ccc(Cl)c(C(=O)O)c4)o3)SC2=S)c1. The van der Waals surface area contributed by atoms with E-state index in [1.807, 2.05) is 30.5 Å². The second-order valence-electron chi connectivity index (χ2n) is 6.42. The summed E-state index contributed by atoms with van der Waals surface area (Å²) in [6, 6.07) is 15.7. The summed E-state index contributed by atoms with van der Waals surface area (Å²) in [5.41, 5.74) is 1.29. The van der Waals surface area contributed by atoms with Crippen molar-refractivity contribution >= 4 is 75.3 Å². The number of thiocarbonyl (C=S) groups is 1. The molecule has 0 saturated carbocycles. The number of amides is 1. The highest BCUT2D eigenvalue weighted by atomic mass is 35.5. The molecule has 5 nitrogen and oxygen atoms in total. The van der Waals surface area contributed by atoms with Crippen LogP contribution in [-0.4, -0.2) is 27.6 Å². The Morgan fingerprint density at radius 3 is 2.77 bits per heavy atom. The topological polar surface area (TPSA) is 70.8 Å². The zero-order chi connectivity index (χ0) is 22.1. The molecule has 1 aliphatic rings. The predicted octanol–water partition coefficient (Wildman–Crippen LogP) is 6.43. The molecule has 0 aliphatic carbocycles. The van der Waals surface area contributed by atoms with E-state index < -0.39 is 5.97 Å². The molecule has 0 radical (unpaired) electrons. The maximum absolute atomic E-state index is 13.0. The highest BCUT2D eigenvalue weighted by molar-refractivity contribution is 8.27. The van der Waals surface area contributed by atoms with Gasteiger partial charge in [-0.15, -0.1) is 11.8 Å². The van der Waals surface area contributed by atoms with E-state index in [0.29, 0.717) is 26.3 Å². The minimum atomic E-state index is -1.12. The van der Waals surface area contributed by atoms with Crippen LogP contribution >= 0.6 is 47.3 Å². The number of benzene rings is 2. The molecular weight excluding hydrogens is 474 g/mol. The van der Waals surface area contributed by atoms with Crippen molar-refractivity contribution in [3.63, 3.8) is 0 Å². The molecule has 0 atom stereocenters. The number of hydrogen-bond acceptors (Lipinski definition) is 6. The fraction of sp³-hybridized carbons (Fsp3) is 0.0455. The summed E-state index contributed by atoms with van der Waals surface area (Å²) in [6.45, 7) is 0. The molecule has 2 aromatic carbocycles. The van der Waals surface area contributed by atoms with E-state index in [9.17, 15) is 14.7 Å². The number of nitrogens with zero attached hydrogens (tertiary/aromatic N) is 1. The van der Waals surface area contributed by atoms with Gasteiger partial charge in [0.1, 0.15) is 11.5 Å². The van der Waals surface area contributed by atoms with Gasteiger partial charge in [-0.3, -0.25) is 9.69 Å². The molecule has 1 N–H and O–H groups in total. The summed E-state index contributed by atoms with van der Waals surface area (Å²) < 4.78 is 6.27. The number of carbonyl (C=O) groups excluding carboxylic acids is 1. The average Bonchev–Trinajstić information content (AvgIpc) is 3.32. The summed E-state index contributed by atoms with van der Waals surface area (Å²) in [7, 11) is 0. The molecule has 1 fully saturated rings. The summed E-state index contributed by atoms with van der Waals surface area (Å²) >= 11 is 14.2. The van der Waals surface area contributed by atoms with Gasteiger partial charge in [-0.1, -0.05) is 41.6 Å². The van der Waals surface area contributed by atoms with Gasteiger partial charge in [0.05, 0.1) is 21.2 Å². The van der Waals surface area contributed by atoms with E-state index in [1.54, 1.807) is 36.0 Å². The third-order valence-electron chi connectivity index (χ3n) is 4.49. The van der Waals surface area contributed by atoms with E-state index >= 15 is 0 Å². The van der Waals surface area contributed by atoms with Gasteiger partial charge in [0.25, 0.3) is 5.91 Å². The Kier molecular flexibility index (Phi) is 6.24. The second-order valence-corrected chi connectivity index (χ2v) is 9.38. The number of carboxylic acid groups (broad SMARTS) is 1. The number of rotatable bonds is 5. The van der Waals surface area contributed by atoms with Gasteiger partial charge in [-0.05, 0) is 54.8 Å². The third kappa shape index (κ3) is 4.43. The fourth-order valence-corrected chi connectivity index (χ4v) is 4.93. The molecular formula is C22H14ClNO4S3. The number of carbonyl (C=O) groups is 2. The van der Waals surface area contributed by atoms with Gasteiger partial charge in [-0.25, -0.2) is 4.79 Å². The summed E-state index contributed by atoms with van der Waals surface area (Å²) in [5.74, 6) is -0.410. The number of furan rings is 1. The molecule has 1 aliphatic heterocycles. The maximum Gasteiger partial charge on any atom is 0.337 e. The van der Waals surface area contributed by atoms with Crippen molar-refractivity contribution in [2.24, 2.45) is 0 Å². The third-order valence-corrected chi connectivity index (χ3v) is 6.84. The Balaban J connectivity index is 1.61. The molecule has 4 rings (SSSR count). The Morgan fingerprint density at radius 2 is 2.03 bits per heavy atom. The highest BCUT2D eigenvalue weighted by Crippen LogP contribution is 2.37. The molecule has 1 amide bonds. The predicted molar refractivity (Wildman–Crippen MR) is 130 cm³/mol. The van der Waals surface area contributed by atoms with Crippen LogP contribution in [0.1, 0.15) is 16.1 Å². The second kappa shape index (κ2) is 8.92. The molecule has 0 unspecified atom stereocenters. The zero-order valence-electron chi connectivity index (χ0n) is 16.0. The normalized spacial score (nSPS) is 15.2. The molecule has 0 bridgehead atoms. The van der Waals surface area contributed by atoms with Crippen LogP contribution in [0.3, 0.4) is 0 Å². The van der Waals surface area contributed by atoms with Gasteiger partial charge in [0.15, 0.2) is 4.32 Å². The first kappa shape index (κ1) is 21.7. The van der Waals surface area contributed by atoms with Crippen molar-refractivity contribution < 1.29 is 19.1 Å². The van der Waals surface area contributed by atoms with E-state index in [-0.39, 0.29) is 16.5 Å². The Bertz CT molecular complexity index is 1250. The van der Waals surface area contributed by atoms with Crippen LogP contribution in [0.25, 0.3) is 17.4 Å². The fourth-order valence-electron chi connectivity index (χ4n) is 3.00. The number of aromatic carboxylic acids is 1. The minimum absolute atomic E-state index is 0.00883. The summed E-state index contributed by atoms with van der Waals surface area (Å²) in [6.07, 6.45) is 3.60. The van der Waals surface area contributed by atoms with Crippen molar-refractivity contribution in [1.82, 2.24) is 0 Å². The summed E-state index contributed by atoms with van der Waals surface area (Å²) in [5, 5.41) is 9.40. The van der Waals surface area contributed by atoms with Crippen molar-refractivity contribution in [3.05, 3.63) is 75.8 Å². The van der Waals surface area contributed by atoms with Crippen molar-refractivity contribution in [2.45, 2.75) is 4.90 Å². The minimum Gasteiger partial charge on any atom is -0.478 e. The highest BCUT2D eigenvalue weighted by Gasteiger charge is 2.33. The summed E-state index contributed by atoms with van der Waals surface area (Å²) in [4.78, 5) is 27.3. The Hall–Kier alpha value is -2.52. The van der Waals surface area contributed by atoms with Gasteiger partial charge in [0.2, 0.25) is 0 Å². The van der Waals surface area contributed by atoms with Gasteiger partial charge in [0, 0.05) is 16.5 Å². The number of halogens is 1. The largest absolute Gasteiger partial charge is 0.478 e. The van der Waals surface area contributed by atoms with Crippen LogP contribution in [-0.2, 0) is 4.79 Å². The van der Waals surface area contributed by atoms with Crippen LogP contribution in [0.4, 0.5) is 5.69 Å². The van der Waals surface area contributed by atoms with Crippen LogP contribution < -0.4 is 4.90 Å². The van der Waals surface area contributed by atoms with Crippen molar-refractivity contribution in [3.8, 4) is 11.3 Å². The smallest absolute Gasteiger partial charge is 0.337 e. The molecule has 1 saturated heterocycles. The van der Waals surface area contributed by atoms with Crippen molar-refractivity contribution in [2.75, 3.05) is 11.2 Å². The molecule has 31 heavy (non-hydrogen) atoms. The first-order chi connectivity index (χ1) is 14.9. The van der Waals surface area contributed by atoms with Crippen LogP contribution in [0.15, 0.2) is 68.8 Å². The van der Waals surface area contributed by atoms with Crippen molar-refractivity contribution in [1.29, 1.82) is 0 Å². The number of hydrogen-bond donors (Lipinski definition) is 1. The lowest BCUT2D eigenvalue weighted by atomic mass is 10.1. The van der Waals surface area contributed by atoms with Gasteiger partial charge >= 0.3 is 5.97 Å². The van der Waals surface area contributed by atoms with E-state index in [4.69, 9.17) is 28.2 Å². The lowest BCUT2D eigenvalue weighted by Gasteiger charge is -2.15. The first-order valence-corrected chi connectivity index (χ1v) is 11.7. The molecule has 156 valence electrons. The molecule has 0 spiro atoms. The first-order valence-electron chi connectivity index (χ1n) is 8.92. The molecule has 9 heteroatoms. The van der Waals surface area contributed by atoms with Crippen LogP contribution in [0.5, 0.6) is 0 Å². The van der Waals surface area contributed by atoms with E-state index in [0.717, 1.165) is 10.6 Å². The average molecular weight is 488 g/mol. The van der Waals surface area contributed by atoms with Crippen LogP contribution in [0, 0.1) is 0 Å². The Morgan fingerprint density at radius 1 is 1.23 bits per heavy atom.